The fraction of sp³-hybridized carbons (Fsp3) is 0.923. The van der Waals surface area contributed by atoms with E-state index >= 15 is 0 Å². The van der Waals surface area contributed by atoms with Crippen LogP contribution in [0.1, 0.15) is 46.5 Å². The van der Waals surface area contributed by atoms with Crippen LogP contribution in [0, 0.1) is 5.41 Å². The van der Waals surface area contributed by atoms with Crippen LogP contribution < -0.4 is 0 Å². The molecule has 0 aromatic carbocycles. The molecule has 3 nitrogen and oxygen atoms in total. The Labute approximate surface area is 98.1 Å². The summed E-state index contributed by atoms with van der Waals surface area (Å²) in [5.74, 6) is -0.0580. The lowest BCUT2D eigenvalue weighted by Crippen LogP contribution is -2.40. The number of nitrogens with zero attached hydrogens (tertiary/aromatic N) is 1. The van der Waals surface area contributed by atoms with Gasteiger partial charge in [0.15, 0.2) is 0 Å². The first-order valence-electron chi connectivity index (χ1n) is 6.42. The highest BCUT2D eigenvalue weighted by molar-refractivity contribution is 5.75. The Morgan fingerprint density at radius 1 is 1.12 bits per heavy atom. The Balaban J connectivity index is 1.74. The van der Waals surface area contributed by atoms with Crippen molar-refractivity contribution in [1.82, 2.24) is 4.90 Å². The molecule has 0 radical (unpaired) electrons. The molecule has 2 fully saturated rings. The standard InChI is InChI=1S/C13H23NO2/c1-13(2,3)12(15)16-11-6-8-14(9-7-11)10-4-5-10/h10-11H,4-9H2,1-3H3. The Morgan fingerprint density at radius 3 is 2.12 bits per heavy atom. The first-order chi connectivity index (χ1) is 7.47. The zero-order chi connectivity index (χ0) is 11.8. The van der Waals surface area contributed by atoms with Gasteiger partial charge in [-0.25, -0.2) is 0 Å². The topological polar surface area (TPSA) is 29.5 Å². The zero-order valence-corrected chi connectivity index (χ0v) is 10.7. The number of rotatable bonds is 2. The van der Waals surface area contributed by atoms with Crippen LogP contribution in [0.25, 0.3) is 0 Å². The molecule has 0 spiro atoms. The second-order valence-corrected chi connectivity index (χ2v) is 6.12. The molecule has 0 aromatic heterocycles. The van der Waals surface area contributed by atoms with Gasteiger partial charge in [-0.15, -0.1) is 0 Å². The van der Waals surface area contributed by atoms with Gasteiger partial charge >= 0.3 is 5.97 Å². The summed E-state index contributed by atoms with van der Waals surface area (Å²) in [6, 6.07) is 0.847. The van der Waals surface area contributed by atoms with Gasteiger partial charge in [0.25, 0.3) is 0 Å². The number of likely N-dealkylation sites (tertiary alicyclic amines) is 1. The van der Waals surface area contributed by atoms with E-state index in [0.717, 1.165) is 32.0 Å². The molecule has 0 bridgehead atoms. The Hall–Kier alpha value is -0.570. The normalized spacial score (nSPS) is 24.4. The lowest BCUT2D eigenvalue weighted by atomic mass is 9.97. The molecule has 0 unspecified atom stereocenters. The maximum atomic E-state index is 11.7. The molecule has 1 heterocycles. The number of hydrogen-bond acceptors (Lipinski definition) is 3. The van der Waals surface area contributed by atoms with E-state index in [-0.39, 0.29) is 17.5 Å². The number of carbonyl (C=O) groups is 1. The van der Waals surface area contributed by atoms with E-state index in [9.17, 15) is 4.79 Å². The van der Waals surface area contributed by atoms with Gasteiger partial charge in [-0.2, -0.15) is 0 Å². The third-order valence-electron chi connectivity index (χ3n) is 3.43. The molecule has 0 N–H and O–H groups in total. The summed E-state index contributed by atoms with van der Waals surface area (Å²) in [4.78, 5) is 14.3. The zero-order valence-electron chi connectivity index (χ0n) is 10.7. The molecule has 16 heavy (non-hydrogen) atoms. The van der Waals surface area contributed by atoms with Crippen LogP contribution >= 0.6 is 0 Å². The van der Waals surface area contributed by atoms with E-state index < -0.39 is 0 Å². The van der Waals surface area contributed by atoms with Crippen LogP contribution in [0.2, 0.25) is 0 Å². The van der Waals surface area contributed by atoms with Crippen molar-refractivity contribution >= 4 is 5.97 Å². The van der Waals surface area contributed by atoms with Gasteiger partial charge in [-0.3, -0.25) is 4.79 Å². The summed E-state index contributed by atoms with van der Waals surface area (Å²) in [6.45, 7) is 7.94. The first kappa shape index (κ1) is 11.9. The first-order valence-corrected chi connectivity index (χ1v) is 6.42. The number of piperidine rings is 1. The number of carbonyl (C=O) groups excluding carboxylic acids is 1. The Kier molecular flexibility index (Phi) is 3.24. The van der Waals surface area contributed by atoms with Gasteiger partial charge in [0.1, 0.15) is 6.10 Å². The molecule has 92 valence electrons. The van der Waals surface area contributed by atoms with Gasteiger partial charge in [-0.05, 0) is 46.5 Å². The Morgan fingerprint density at radius 2 is 1.69 bits per heavy atom. The van der Waals surface area contributed by atoms with Crippen molar-refractivity contribution in [3.05, 3.63) is 0 Å². The van der Waals surface area contributed by atoms with Crippen molar-refractivity contribution in [2.24, 2.45) is 5.41 Å². The Bertz CT molecular complexity index is 258. The average molecular weight is 225 g/mol. The van der Waals surface area contributed by atoms with E-state index in [4.69, 9.17) is 4.74 Å². The van der Waals surface area contributed by atoms with Gasteiger partial charge in [0, 0.05) is 19.1 Å². The fourth-order valence-electron chi connectivity index (χ4n) is 2.13. The smallest absolute Gasteiger partial charge is 0.311 e. The lowest BCUT2D eigenvalue weighted by Gasteiger charge is -2.32. The predicted octanol–water partition coefficient (Wildman–Crippen LogP) is 2.20. The van der Waals surface area contributed by atoms with Crippen LogP contribution in [0.4, 0.5) is 0 Å². The van der Waals surface area contributed by atoms with Gasteiger partial charge in [0.05, 0.1) is 5.41 Å². The quantitative estimate of drug-likeness (QED) is 0.675. The number of hydrogen-bond donors (Lipinski definition) is 0. The van der Waals surface area contributed by atoms with Crippen molar-refractivity contribution in [1.29, 1.82) is 0 Å². The molecule has 2 rings (SSSR count). The van der Waals surface area contributed by atoms with Gasteiger partial charge in [0.2, 0.25) is 0 Å². The molecule has 0 atom stereocenters. The average Bonchev–Trinajstić information content (AvgIpc) is 3.01. The highest BCUT2D eigenvalue weighted by Gasteiger charge is 2.34. The van der Waals surface area contributed by atoms with Crippen molar-refractivity contribution in [2.75, 3.05) is 13.1 Å². The molecule has 1 aliphatic carbocycles. The minimum absolute atomic E-state index is 0.0580. The third kappa shape index (κ3) is 2.97. The summed E-state index contributed by atoms with van der Waals surface area (Å²) in [6.07, 6.45) is 4.91. The molecule has 2 aliphatic rings. The van der Waals surface area contributed by atoms with Crippen molar-refractivity contribution in [3.8, 4) is 0 Å². The second-order valence-electron chi connectivity index (χ2n) is 6.12. The van der Waals surface area contributed by atoms with Gasteiger partial charge in [-0.1, -0.05) is 0 Å². The minimum atomic E-state index is -0.367. The summed E-state index contributed by atoms with van der Waals surface area (Å²) < 4.78 is 5.54. The molecule has 0 amide bonds. The second kappa shape index (κ2) is 4.36. The van der Waals surface area contributed by atoms with Crippen molar-refractivity contribution in [2.45, 2.75) is 58.6 Å². The minimum Gasteiger partial charge on any atom is -0.462 e. The molecule has 1 saturated heterocycles. The van der Waals surface area contributed by atoms with Crippen LogP contribution in [0.15, 0.2) is 0 Å². The molecule has 1 aliphatic heterocycles. The highest BCUT2D eigenvalue weighted by atomic mass is 16.5. The van der Waals surface area contributed by atoms with E-state index in [0.29, 0.717) is 0 Å². The van der Waals surface area contributed by atoms with E-state index in [1.165, 1.54) is 12.8 Å². The van der Waals surface area contributed by atoms with Crippen LogP contribution in [-0.4, -0.2) is 36.1 Å². The monoisotopic (exact) mass is 225 g/mol. The maximum absolute atomic E-state index is 11.7. The van der Waals surface area contributed by atoms with Crippen LogP contribution in [0.5, 0.6) is 0 Å². The summed E-state index contributed by atoms with van der Waals surface area (Å²) in [7, 11) is 0. The molecule has 0 aromatic rings. The van der Waals surface area contributed by atoms with E-state index in [1.807, 2.05) is 20.8 Å². The van der Waals surface area contributed by atoms with Crippen molar-refractivity contribution < 1.29 is 9.53 Å². The summed E-state index contributed by atoms with van der Waals surface area (Å²) in [5.41, 5.74) is -0.367. The fourth-order valence-corrected chi connectivity index (χ4v) is 2.13. The molecular formula is C13H23NO2. The number of ether oxygens (including phenoxy) is 1. The lowest BCUT2D eigenvalue weighted by molar-refractivity contribution is -0.160. The van der Waals surface area contributed by atoms with Crippen LogP contribution in [-0.2, 0) is 9.53 Å². The van der Waals surface area contributed by atoms with Crippen molar-refractivity contribution in [3.63, 3.8) is 0 Å². The molecular weight excluding hydrogens is 202 g/mol. The maximum Gasteiger partial charge on any atom is 0.311 e. The van der Waals surface area contributed by atoms with E-state index in [2.05, 4.69) is 4.90 Å². The highest BCUT2D eigenvalue weighted by Crippen LogP contribution is 2.30. The van der Waals surface area contributed by atoms with Gasteiger partial charge < -0.3 is 9.64 Å². The summed E-state index contributed by atoms with van der Waals surface area (Å²) in [5, 5.41) is 0. The number of esters is 1. The third-order valence-corrected chi connectivity index (χ3v) is 3.43. The molecule has 3 heteroatoms. The predicted molar refractivity (Wildman–Crippen MR) is 63.2 cm³/mol. The largest absolute Gasteiger partial charge is 0.462 e. The van der Waals surface area contributed by atoms with Crippen LogP contribution in [0.3, 0.4) is 0 Å². The summed E-state index contributed by atoms with van der Waals surface area (Å²) >= 11 is 0. The molecule has 1 saturated carbocycles. The van der Waals surface area contributed by atoms with E-state index in [1.54, 1.807) is 0 Å². The SMILES string of the molecule is CC(C)(C)C(=O)OC1CCN(C2CC2)CC1.